The number of nitrogens with zero attached hydrogens (tertiary/aromatic N) is 1. The average Bonchev–Trinajstić information content (AvgIpc) is 2.82. The van der Waals surface area contributed by atoms with Crippen LogP contribution >= 0.6 is 0 Å². The van der Waals surface area contributed by atoms with Gasteiger partial charge in [-0.05, 0) is 42.5 Å². The van der Waals surface area contributed by atoms with Gasteiger partial charge < -0.3 is 9.88 Å². The SMILES string of the molecule is C#CCCCn1ccc2ccc(CNCCC)cc21. The van der Waals surface area contributed by atoms with E-state index in [4.69, 9.17) is 6.42 Å². The van der Waals surface area contributed by atoms with Crippen LogP contribution in [0.25, 0.3) is 10.9 Å². The molecule has 0 aliphatic heterocycles. The Kier molecular flexibility index (Phi) is 5.06. The maximum absolute atomic E-state index is 5.31. The highest BCUT2D eigenvalue weighted by molar-refractivity contribution is 5.80. The number of hydrogen-bond acceptors (Lipinski definition) is 1. The number of rotatable bonds is 7. The average molecular weight is 254 g/mol. The number of aryl methyl sites for hydroxylation is 1. The lowest BCUT2D eigenvalue weighted by Gasteiger charge is -2.07. The number of fused-ring (bicyclic) bond motifs is 1. The van der Waals surface area contributed by atoms with Gasteiger partial charge in [0.05, 0.1) is 0 Å². The molecule has 0 aliphatic carbocycles. The first-order valence-corrected chi connectivity index (χ1v) is 7.07. The van der Waals surface area contributed by atoms with Crippen LogP contribution in [0.1, 0.15) is 31.7 Å². The van der Waals surface area contributed by atoms with Crippen LogP contribution in [0.5, 0.6) is 0 Å². The predicted octanol–water partition coefficient (Wildman–Crippen LogP) is 3.55. The van der Waals surface area contributed by atoms with E-state index < -0.39 is 0 Å². The summed E-state index contributed by atoms with van der Waals surface area (Å²) in [4.78, 5) is 0. The van der Waals surface area contributed by atoms with Gasteiger partial charge in [0.15, 0.2) is 0 Å². The van der Waals surface area contributed by atoms with Crippen LogP contribution in [0, 0.1) is 12.3 Å². The summed E-state index contributed by atoms with van der Waals surface area (Å²) in [6.07, 6.45) is 10.5. The molecule has 19 heavy (non-hydrogen) atoms. The fraction of sp³-hybridized carbons (Fsp3) is 0.412. The highest BCUT2D eigenvalue weighted by Gasteiger charge is 2.02. The molecule has 1 aromatic heterocycles. The lowest BCUT2D eigenvalue weighted by atomic mass is 10.1. The van der Waals surface area contributed by atoms with Crippen molar-refractivity contribution in [2.45, 2.75) is 39.3 Å². The molecule has 0 aliphatic rings. The van der Waals surface area contributed by atoms with Crippen molar-refractivity contribution in [2.24, 2.45) is 0 Å². The van der Waals surface area contributed by atoms with Crippen LogP contribution in [0.4, 0.5) is 0 Å². The molecule has 2 rings (SSSR count). The minimum atomic E-state index is 0.845. The molecule has 0 atom stereocenters. The molecular weight excluding hydrogens is 232 g/mol. The minimum absolute atomic E-state index is 0.845. The number of nitrogens with one attached hydrogen (secondary N) is 1. The minimum Gasteiger partial charge on any atom is -0.347 e. The Morgan fingerprint density at radius 2 is 2.21 bits per heavy atom. The summed E-state index contributed by atoms with van der Waals surface area (Å²) >= 11 is 0. The fourth-order valence-corrected chi connectivity index (χ4v) is 2.30. The third kappa shape index (κ3) is 3.62. The van der Waals surface area contributed by atoms with Gasteiger partial charge in [0.25, 0.3) is 0 Å². The maximum atomic E-state index is 5.31. The van der Waals surface area contributed by atoms with Crippen molar-refractivity contribution in [3.05, 3.63) is 36.0 Å². The molecule has 2 aromatic rings. The highest BCUT2D eigenvalue weighted by atomic mass is 14.9. The molecule has 1 N–H and O–H groups in total. The van der Waals surface area contributed by atoms with Gasteiger partial charge in [-0.25, -0.2) is 0 Å². The fourth-order valence-electron chi connectivity index (χ4n) is 2.30. The molecular formula is C17H22N2. The monoisotopic (exact) mass is 254 g/mol. The van der Waals surface area contributed by atoms with Gasteiger partial charge in [0.2, 0.25) is 0 Å². The first kappa shape index (κ1) is 13.7. The Morgan fingerprint density at radius 1 is 1.32 bits per heavy atom. The van der Waals surface area contributed by atoms with E-state index in [0.717, 1.165) is 32.5 Å². The van der Waals surface area contributed by atoms with E-state index in [0.29, 0.717) is 0 Å². The van der Waals surface area contributed by atoms with E-state index in [1.54, 1.807) is 0 Å². The molecule has 0 amide bonds. The van der Waals surface area contributed by atoms with Crippen molar-refractivity contribution in [3.63, 3.8) is 0 Å². The molecule has 0 radical (unpaired) electrons. The summed E-state index contributed by atoms with van der Waals surface area (Å²) in [6.45, 7) is 5.20. The van der Waals surface area contributed by atoms with Gasteiger partial charge in [-0.15, -0.1) is 12.3 Å². The van der Waals surface area contributed by atoms with Crippen LogP contribution < -0.4 is 5.32 Å². The van der Waals surface area contributed by atoms with E-state index in [2.05, 4.69) is 53.2 Å². The largest absolute Gasteiger partial charge is 0.347 e. The van der Waals surface area contributed by atoms with Crippen LogP contribution in [-0.4, -0.2) is 11.1 Å². The predicted molar refractivity (Wildman–Crippen MR) is 82.0 cm³/mol. The second kappa shape index (κ2) is 7.01. The summed E-state index contributed by atoms with van der Waals surface area (Å²) in [5.74, 6) is 2.70. The lowest BCUT2D eigenvalue weighted by molar-refractivity contribution is 0.670. The lowest BCUT2D eigenvalue weighted by Crippen LogP contribution is -2.13. The zero-order chi connectivity index (χ0) is 13.5. The Bertz CT molecular complexity index is 560. The van der Waals surface area contributed by atoms with Crippen LogP contribution in [-0.2, 0) is 13.1 Å². The van der Waals surface area contributed by atoms with Crippen molar-refractivity contribution in [2.75, 3.05) is 6.54 Å². The van der Waals surface area contributed by atoms with Gasteiger partial charge in [0.1, 0.15) is 0 Å². The third-order valence-corrected chi connectivity index (χ3v) is 3.31. The van der Waals surface area contributed by atoms with E-state index in [1.807, 2.05) is 0 Å². The second-order valence-electron chi connectivity index (χ2n) is 4.89. The zero-order valence-electron chi connectivity index (χ0n) is 11.7. The number of unbranched alkanes of at least 4 members (excludes halogenated alkanes) is 1. The highest BCUT2D eigenvalue weighted by Crippen LogP contribution is 2.18. The normalized spacial score (nSPS) is 10.7. The quantitative estimate of drug-likeness (QED) is 0.590. The molecule has 0 bridgehead atoms. The molecule has 100 valence electrons. The summed E-state index contributed by atoms with van der Waals surface area (Å²) in [5.41, 5.74) is 2.66. The molecule has 0 fully saturated rings. The van der Waals surface area contributed by atoms with Gasteiger partial charge in [-0.1, -0.05) is 19.1 Å². The van der Waals surface area contributed by atoms with Gasteiger partial charge in [0, 0.05) is 31.2 Å². The maximum Gasteiger partial charge on any atom is 0.0483 e. The smallest absolute Gasteiger partial charge is 0.0483 e. The molecule has 2 nitrogen and oxygen atoms in total. The summed E-state index contributed by atoms with van der Waals surface area (Å²) in [6, 6.07) is 8.87. The van der Waals surface area contributed by atoms with Crippen molar-refractivity contribution >= 4 is 10.9 Å². The Morgan fingerprint density at radius 3 is 3.00 bits per heavy atom. The third-order valence-electron chi connectivity index (χ3n) is 3.31. The van der Waals surface area contributed by atoms with E-state index in [9.17, 15) is 0 Å². The van der Waals surface area contributed by atoms with Gasteiger partial charge in [-0.2, -0.15) is 0 Å². The number of terminal acetylenes is 1. The molecule has 1 aromatic carbocycles. The summed E-state index contributed by atoms with van der Waals surface area (Å²) < 4.78 is 2.30. The molecule has 0 spiro atoms. The molecule has 0 saturated heterocycles. The Hall–Kier alpha value is -1.72. The number of benzene rings is 1. The van der Waals surface area contributed by atoms with Crippen molar-refractivity contribution in [1.82, 2.24) is 9.88 Å². The number of hydrogen-bond donors (Lipinski definition) is 1. The Balaban J connectivity index is 2.10. The summed E-state index contributed by atoms with van der Waals surface area (Å²) in [7, 11) is 0. The van der Waals surface area contributed by atoms with E-state index in [-0.39, 0.29) is 0 Å². The standard InChI is InChI=1S/C17H22N2/c1-3-5-6-11-19-12-9-16-8-7-15(13-17(16)19)14-18-10-4-2/h1,7-9,12-13,18H,4-6,10-11,14H2,2H3. The van der Waals surface area contributed by atoms with Crippen molar-refractivity contribution in [1.29, 1.82) is 0 Å². The summed E-state index contributed by atoms with van der Waals surface area (Å²) in [5, 5.41) is 4.75. The van der Waals surface area contributed by atoms with Crippen LogP contribution in [0.3, 0.4) is 0 Å². The molecule has 1 heterocycles. The van der Waals surface area contributed by atoms with Crippen LogP contribution in [0.2, 0.25) is 0 Å². The van der Waals surface area contributed by atoms with Gasteiger partial charge >= 0.3 is 0 Å². The molecule has 2 heteroatoms. The Labute approximate surface area is 115 Å². The second-order valence-corrected chi connectivity index (χ2v) is 4.89. The van der Waals surface area contributed by atoms with Crippen molar-refractivity contribution < 1.29 is 0 Å². The number of aromatic nitrogens is 1. The van der Waals surface area contributed by atoms with Gasteiger partial charge in [-0.3, -0.25) is 0 Å². The van der Waals surface area contributed by atoms with E-state index >= 15 is 0 Å². The first-order valence-electron chi connectivity index (χ1n) is 7.07. The zero-order valence-corrected chi connectivity index (χ0v) is 11.7. The first-order chi connectivity index (χ1) is 9.35. The van der Waals surface area contributed by atoms with Crippen molar-refractivity contribution in [3.8, 4) is 12.3 Å². The molecule has 0 saturated carbocycles. The molecule has 0 unspecified atom stereocenters. The van der Waals surface area contributed by atoms with Crippen LogP contribution in [0.15, 0.2) is 30.5 Å². The topological polar surface area (TPSA) is 17.0 Å². The van der Waals surface area contributed by atoms with E-state index in [1.165, 1.54) is 22.9 Å².